The van der Waals surface area contributed by atoms with E-state index in [4.69, 9.17) is 25.8 Å². The molecule has 4 rings (SSSR count). The van der Waals surface area contributed by atoms with Crippen LogP contribution in [0.1, 0.15) is 29.2 Å². The van der Waals surface area contributed by atoms with Gasteiger partial charge in [0.05, 0.1) is 19.8 Å². The van der Waals surface area contributed by atoms with E-state index in [1.807, 2.05) is 30.3 Å². The van der Waals surface area contributed by atoms with Crippen LogP contribution < -0.4 is 4.74 Å². The van der Waals surface area contributed by atoms with E-state index in [2.05, 4.69) is 0 Å². The lowest BCUT2D eigenvalue weighted by Crippen LogP contribution is -2.55. The van der Waals surface area contributed by atoms with Crippen molar-refractivity contribution in [2.75, 3.05) is 19.8 Å². The van der Waals surface area contributed by atoms with Gasteiger partial charge in [-0.1, -0.05) is 35.9 Å². The third-order valence-corrected chi connectivity index (χ3v) is 6.17. The van der Waals surface area contributed by atoms with Crippen LogP contribution >= 0.6 is 11.6 Å². The van der Waals surface area contributed by atoms with Crippen molar-refractivity contribution in [3.05, 3.63) is 64.2 Å². The smallest absolute Gasteiger partial charge is 0.124 e. The van der Waals surface area contributed by atoms with Crippen molar-refractivity contribution in [1.29, 1.82) is 0 Å². The molecular weight excluding hydrogens is 424 g/mol. The van der Waals surface area contributed by atoms with Crippen LogP contribution in [0.15, 0.2) is 42.5 Å². The molecule has 6 atom stereocenters. The molecule has 0 saturated carbocycles. The minimum Gasteiger partial charge on any atom is -0.488 e. The van der Waals surface area contributed by atoms with Crippen molar-refractivity contribution in [2.45, 2.75) is 49.5 Å². The second-order valence-electron chi connectivity index (χ2n) is 8.02. The van der Waals surface area contributed by atoms with Gasteiger partial charge in [0.1, 0.15) is 42.4 Å². The summed E-state index contributed by atoms with van der Waals surface area (Å²) >= 11 is 6.40. The van der Waals surface area contributed by atoms with Crippen molar-refractivity contribution in [3.63, 3.8) is 0 Å². The van der Waals surface area contributed by atoms with E-state index in [1.165, 1.54) is 0 Å². The summed E-state index contributed by atoms with van der Waals surface area (Å²) < 4.78 is 16.9. The van der Waals surface area contributed by atoms with E-state index < -0.39 is 37.1 Å². The Balaban J connectivity index is 1.49. The maximum absolute atomic E-state index is 10.4. The average Bonchev–Trinajstić information content (AvgIpc) is 3.28. The van der Waals surface area contributed by atoms with Gasteiger partial charge in [0.15, 0.2) is 0 Å². The van der Waals surface area contributed by atoms with E-state index in [0.29, 0.717) is 23.6 Å². The number of halogens is 1. The molecule has 2 aromatic rings. The largest absolute Gasteiger partial charge is 0.488 e. The van der Waals surface area contributed by atoms with Crippen LogP contribution in [-0.4, -0.2) is 70.8 Å². The van der Waals surface area contributed by atoms with Crippen LogP contribution in [0.2, 0.25) is 5.02 Å². The molecule has 2 heterocycles. The molecule has 2 aromatic carbocycles. The third kappa shape index (κ3) is 5.04. The number of ether oxygens (including phenoxy) is 3. The summed E-state index contributed by atoms with van der Waals surface area (Å²) in [7, 11) is 0. The lowest BCUT2D eigenvalue weighted by atomic mass is 9.90. The van der Waals surface area contributed by atoms with Crippen molar-refractivity contribution in [3.8, 4) is 5.75 Å². The summed E-state index contributed by atoms with van der Waals surface area (Å²) in [5.41, 5.74) is 2.47. The molecule has 8 heteroatoms. The zero-order valence-corrected chi connectivity index (χ0v) is 17.7. The highest BCUT2D eigenvalue weighted by Crippen LogP contribution is 2.34. The fraction of sp³-hybridized carbons (Fsp3) is 0.478. The molecule has 2 aliphatic rings. The third-order valence-electron chi connectivity index (χ3n) is 5.80. The monoisotopic (exact) mass is 450 g/mol. The molecular formula is C23H27ClO7. The molecule has 7 nitrogen and oxygen atoms in total. The number of aliphatic hydroxyl groups excluding tert-OH is 4. The molecule has 2 fully saturated rings. The molecule has 0 radical (unpaired) electrons. The minimum atomic E-state index is -1.42. The summed E-state index contributed by atoms with van der Waals surface area (Å²) in [5.74, 6) is 0.792. The number of benzene rings is 2. The number of hydrogen-bond acceptors (Lipinski definition) is 7. The van der Waals surface area contributed by atoms with Gasteiger partial charge in [0, 0.05) is 11.4 Å². The van der Waals surface area contributed by atoms with E-state index in [-0.39, 0.29) is 6.10 Å². The number of aliphatic hydroxyl groups is 4. The van der Waals surface area contributed by atoms with E-state index in [1.54, 1.807) is 12.1 Å². The number of rotatable bonds is 6. The van der Waals surface area contributed by atoms with Crippen LogP contribution in [0.5, 0.6) is 5.75 Å². The lowest BCUT2D eigenvalue weighted by Gasteiger charge is -2.40. The minimum absolute atomic E-state index is 0.0931. The Morgan fingerprint density at radius 2 is 1.77 bits per heavy atom. The van der Waals surface area contributed by atoms with Gasteiger partial charge in [-0.05, 0) is 41.3 Å². The SMILES string of the molecule is OC[C@H]1O[C@H](c2ccc(Cl)c(Cc3ccc(O[C@H]4CCOC4)cc3)c2)[C@H](O)[C@@H](O)[C@@H]1O. The molecule has 0 aromatic heterocycles. The van der Waals surface area contributed by atoms with Crippen LogP contribution in [0.3, 0.4) is 0 Å². The summed E-state index contributed by atoms with van der Waals surface area (Å²) in [6.07, 6.45) is -4.46. The highest BCUT2D eigenvalue weighted by Gasteiger charge is 2.44. The Labute approximate surface area is 185 Å². The summed E-state index contributed by atoms with van der Waals surface area (Å²) in [6, 6.07) is 13.0. The predicted molar refractivity (Wildman–Crippen MR) is 113 cm³/mol. The van der Waals surface area contributed by atoms with E-state index >= 15 is 0 Å². The van der Waals surface area contributed by atoms with Crippen molar-refractivity contribution >= 4 is 11.6 Å². The molecule has 4 N–H and O–H groups in total. The molecule has 2 aliphatic heterocycles. The molecule has 0 aliphatic carbocycles. The highest BCUT2D eigenvalue weighted by molar-refractivity contribution is 6.31. The maximum Gasteiger partial charge on any atom is 0.124 e. The maximum atomic E-state index is 10.4. The van der Waals surface area contributed by atoms with Crippen LogP contribution in [0.4, 0.5) is 0 Å². The van der Waals surface area contributed by atoms with Crippen LogP contribution in [0.25, 0.3) is 0 Å². The van der Waals surface area contributed by atoms with Gasteiger partial charge in [-0.2, -0.15) is 0 Å². The van der Waals surface area contributed by atoms with Gasteiger partial charge >= 0.3 is 0 Å². The standard InChI is InChI=1S/C23H27ClO7/c24-18-6-3-14(23-22(28)21(27)20(26)19(11-25)31-23)10-15(18)9-13-1-4-16(5-2-13)30-17-7-8-29-12-17/h1-6,10,17,19-23,25-28H,7-9,11-12H2/t17-,19+,20+,21-,22+,23+/m0/s1. The molecule has 2 saturated heterocycles. The normalized spacial score (nSPS) is 31.0. The lowest BCUT2D eigenvalue weighted by molar-refractivity contribution is -0.231. The van der Waals surface area contributed by atoms with Crippen molar-refractivity contribution < 1.29 is 34.6 Å². The van der Waals surface area contributed by atoms with Gasteiger partial charge in [-0.25, -0.2) is 0 Å². The molecule has 0 unspecified atom stereocenters. The summed E-state index contributed by atoms with van der Waals surface area (Å²) in [4.78, 5) is 0. The molecule has 0 amide bonds. The van der Waals surface area contributed by atoms with Crippen molar-refractivity contribution in [2.24, 2.45) is 0 Å². The second-order valence-corrected chi connectivity index (χ2v) is 8.43. The Kier molecular flexibility index (Phi) is 7.13. The Hall–Kier alpha value is -1.71. The first-order valence-corrected chi connectivity index (χ1v) is 10.8. The molecule has 168 valence electrons. The van der Waals surface area contributed by atoms with Gasteiger partial charge < -0.3 is 34.6 Å². The second kappa shape index (κ2) is 9.83. The summed E-state index contributed by atoms with van der Waals surface area (Å²) in [6.45, 7) is 0.872. The topological polar surface area (TPSA) is 109 Å². The van der Waals surface area contributed by atoms with Gasteiger partial charge in [0.25, 0.3) is 0 Å². The molecule has 31 heavy (non-hydrogen) atoms. The fourth-order valence-corrected chi connectivity index (χ4v) is 4.17. The zero-order valence-electron chi connectivity index (χ0n) is 16.9. The van der Waals surface area contributed by atoms with Gasteiger partial charge in [0.2, 0.25) is 0 Å². The average molecular weight is 451 g/mol. The molecule has 0 bridgehead atoms. The quantitative estimate of drug-likeness (QED) is 0.529. The Morgan fingerprint density at radius 1 is 1.00 bits per heavy atom. The van der Waals surface area contributed by atoms with Crippen molar-refractivity contribution in [1.82, 2.24) is 0 Å². The fourth-order valence-electron chi connectivity index (χ4n) is 3.99. The first-order valence-electron chi connectivity index (χ1n) is 10.4. The van der Waals surface area contributed by atoms with Gasteiger partial charge in [-0.3, -0.25) is 0 Å². The van der Waals surface area contributed by atoms with E-state index in [9.17, 15) is 20.4 Å². The first-order chi connectivity index (χ1) is 15.0. The van der Waals surface area contributed by atoms with Crippen LogP contribution in [-0.2, 0) is 15.9 Å². The number of hydrogen-bond donors (Lipinski definition) is 4. The Bertz CT molecular complexity index is 867. The molecule has 0 spiro atoms. The van der Waals surface area contributed by atoms with Gasteiger partial charge in [-0.15, -0.1) is 0 Å². The highest BCUT2D eigenvalue weighted by atomic mass is 35.5. The zero-order chi connectivity index (χ0) is 22.0. The summed E-state index contributed by atoms with van der Waals surface area (Å²) in [5, 5.41) is 40.5. The van der Waals surface area contributed by atoms with Crippen LogP contribution in [0, 0.1) is 0 Å². The first kappa shape index (κ1) is 22.5. The predicted octanol–water partition coefficient (Wildman–Crippen LogP) is 1.61. The Morgan fingerprint density at radius 3 is 2.45 bits per heavy atom. The van der Waals surface area contributed by atoms with E-state index in [0.717, 1.165) is 29.9 Å².